The molecule has 2 N–H and O–H groups in total. The first kappa shape index (κ1) is 11.9. The monoisotopic (exact) mass is 224 g/mol. The van der Waals surface area contributed by atoms with Crippen LogP contribution in [0.15, 0.2) is 0 Å². The maximum atomic E-state index is 12.2. The Morgan fingerprint density at radius 1 is 1.50 bits per heavy atom. The molecule has 3 nitrogen and oxygen atoms in total. The molecule has 0 radical (unpaired) electrons. The summed E-state index contributed by atoms with van der Waals surface area (Å²) in [5, 5.41) is 0. The van der Waals surface area contributed by atoms with Crippen LogP contribution in [0.1, 0.15) is 40.0 Å². The average Bonchev–Trinajstić information content (AvgIpc) is 2.87. The highest BCUT2D eigenvalue weighted by atomic mass is 16.2. The fourth-order valence-electron chi connectivity index (χ4n) is 2.79. The van der Waals surface area contributed by atoms with Crippen LogP contribution in [-0.2, 0) is 4.79 Å². The van der Waals surface area contributed by atoms with Gasteiger partial charge in [0.05, 0.1) is 0 Å². The number of nitrogens with zero attached hydrogens (tertiary/aromatic N) is 1. The molecule has 1 aliphatic carbocycles. The normalized spacial score (nSPS) is 37.2. The van der Waals surface area contributed by atoms with Crippen LogP contribution in [0.5, 0.6) is 0 Å². The highest BCUT2D eigenvalue weighted by Crippen LogP contribution is 2.52. The molecule has 3 heteroatoms. The molecule has 1 heterocycles. The van der Waals surface area contributed by atoms with Crippen molar-refractivity contribution >= 4 is 5.91 Å². The van der Waals surface area contributed by atoms with Crippen molar-refractivity contribution in [3.05, 3.63) is 0 Å². The summed E-state index contributed by atoms with van der Waals surface area (Å²) in [5.74, 6) is 1.15. The number of piperidine rings is 1. The first-order chi connectivity index (χ1) is 7.45. The van der Waals surface area contributed by atoms with Crippen molar-refractivity contribution in [3.63, 3.8) is 0 Å². The third kappa shape index (κ3) is 2.10. The van der Waals surface area contributed by atoms with E-state index in [9.17, 15) is 4.79 Å². The molecular formula is C13H24N2O. The van der Waals surface area contributed by atoms with Crippen molar-refractivity contribution < 1.29 is 4.79 Å². The minimum Gasteiger partial charge on any atom is -0.342 e. The van der Waals surface area contributed by atoms with E-state index in [1.807, 2.05) is 0 Å². The second-order valence-corrected chi connectivity index (χ2v) is 6.15. The van der Waals surface area contributed by atoms with Gasteiger partial charge in [-0.05, 0) is 24.2 Å². The van der Waals surface area contributed by atoms with Crippen molar-refractivity contribution in [2.45, 2.75) is 46.1 Å². The van der Waals surface area contributed by atoms with Gasteiger partial charge in [0.2, 0.25) is 5.91 Å². The van der Waals surface area contributed by atoms with Crippen LogP contribution in [0.25, 0.3) is 0 Å². The highest BCUT2D eigenvalue weighted by Gasteiger charge is 2.52. The Balaban J connectivity index is 1.93. The van der Waals surface area contributed by atoms with Gasteiger partial charge in [0.15, 0.2) is 0 Å². The minimum atomic E-state index is 0.248. The Kier molecular flexibility index (Phi) is 2.99. The molecular weight excluding hydrogens is 200 g/mol. The number of carbonyl (C=O) groups is 1. The average molecular weight is 224 g/mol. The molecule has 0 bridgehead atoms. The molecule has 0 aromatic rings. The molecule has 1 saturated heterocycles. The van der Waals surface area contributed by atoms with E-state index in [4.69, 9.17) is 5.73 Å². The summed E-state index contributed by atoms with van der Waals surface area (Å²) in [5.41, 5.74) is 6.31. The van der Waals surface area contributed by atoms with Crippen LogP contribution in [-0.4, -0.2) is 29.9 Å². The number of rotatable bonds is 2. The van der Waals surface area contributed by atoms with Gasteiger partial charge in [0.1, 0.15) is 0 Å². The summed E-state index contributed by atoms with van der Waals surface area (Å²) in [4.78, 5) is 14.3. The van der Waals surface area contributed by atoms with Gasteiger partial charge >= 0.3 is 0 Å². The molecule has 2 rings (SSSR count). The Morgan fingerprint density at radius 2 is 2.12 bits per heavy atom. The van der Waals surface area contributed by atoms with E-state index in [1.165, 1.54) is 0 Å². The number of hydrogen-bond donors (Lipinski definition) is 1. The van der Waals surface area contributed by atoms with Gasteiger partial charge in [-0.1, -0.05) is 27.2 Å². The van der Waals surface area contributed by atoms with E-state index in [-0.39, 0.29) is 11.3 Å². The third-order valence-electron chi connectivity index (χ3n) is 4.44. The summed E-state index contributed by atoms with van der Waals surface area (Å²) in [7, 11) is 0. The van der Waals surface area contributed by atoms with Crippen molar-refractivity contribution in [2.24, 2.45) is 23.0 Å². The lowest BCUT2D eigenvalue weighted by molar-refractivity contribution is -0.135. The Hall–Kier alpha value is -0.570. The molecule has 3 atom stereocenters. The first-order valence-electron chi connectivity index (χ1n) is 6.50. The molecule has 2 fully saturated rings. The second-order valence-electron chi connectivity index (χ2n) is 6.15. The van der Waals surface area contributed by atoms with Crippen LogP contribution in [0.3, 0.4) is 0 Å². The van der Waals surface area contributed by atoms with Crippen molar-refractivity contribution in [1.82, 2.24) is 4.90 Å². The number of nitrogens with two attached hydrogens (primary N) is 1. The summed E-state index contributed by atoms with van der Waals surface area (Å²) >= 11 is 0. The summed E-state index contributed by atoms with van der Waals surface area (Å²) in [6, 6.07) is 0.293. The lowest BCUT2D eigenvalue weighted by atomic mass is 9.90. The summed E-state index contributed by atoms with van der Waals surface area (Å²) < 4.78 is 0. The molecule has 0 aromatic carbocycles. The third-order valence-corrected chi connectivity index (χ3v) is 4.44. The Bertz CT molecular complexity index is 288. The Morgan fingerprint density at radius 3 is 2.62 bits per heavy atom. The Labute approximate surface area is 98.4 Å². The lowest BCUT2D eigenvalue weighted by Gasteiger charge is -2.37. The van der Waals surface area contributed by atoms with Crippen LogP contribution in [0.4, 0.5) is 0 Å². The molecule has 1 aliphatic heterocycles. The van der Waals surface area contributed by atoms with Crippen LogP contribution in [0.2, 0.25) is 0 Å². The van der Waals surface area contributed by atoms with Gasteiger partial charge in [0.25, 0.3) is 0 Å². The standard InChI is InChI=1S/C13H24N2O/c1-4-9-8-15(6-5-11(9)14)12(16)10-7-13(10,2)3/h9-11H,4-8,14H2,1-3H3. The number of hydrogen-bond acceptors (Lipinski definition) is 2. The molecule has 92 valence electrons. The maximum absolute atomic E-state index is 12.2. The van der Waals surface area contributed by atoms with Crippen molar-refractivity contribution in [2.75, 3.05) is 13.1 Å². The smallest absolute Gasteiger partial charge is 0.226 e. The number of amides is 1. The predicted molar refractivity (Wildman–Crippen MR) is 64.8 cm³/mol. The molecule has 16 heavy (non-hydrogen) atoms. The van der Waals surface area contributed by atoms with E-state index in [0.717, 1.165) is 32.4 Å². The van der Waals surface area contributed by atoms with E-state index < -0.39 is 0 Å². The van der Waals surface area contributed by atoms with Gasteiger partial charge in [-0.3, -0.25) is 4.79 Å². The minimum absolute atomic E-state index is 0.248. The van der Waals surface area contributed by atoms with Gasteiger partial charge < -0.3 is 10.6 Å². The molecule has 1 saturated carbocycles. The summed E-state index contributed by atoms with van der Waals surface area (Å²) in [6.07, 6.45) is 3.11. The first-order valence-corrected chi connectivity index (χ1v) is 6.50. The highest BCUT2D eigenvalue weighted by molar-refractivity contribution is 5.82. The van der Waals surface area contributed by atoms with Gasteiger partial charge in [-0.2, -0.15) is 0 Å². The molecule has 0 aromatic heterocycles. The number of likely N-dealkylation sites (tertiary alicyclic amines) is 1. The second kappa shape index (κ2) is 4.02. The topological polar surface area (TPSA) is 46.3 Å². The van der Waals surface area contributed by atoms with E-state index in [1.54, 1.807) is 0 Å². The molecule has 3 unspecified atom stereocenters. The number of carbonyl (C=O) groups excluding carboxylic acids is 1. The van der Waals surface area contributed by atoms with Crippen molar-refractivity contribution in [3.8, 4) is 0 Å². The van der Waals surface area contributed by atoms with E-state index in [2.05, 4.69) is 25.7 Å². The zero-order valence-electron chi connectivity index (χ0n) is 10.7. The van der Waals surface area contributed by atoms with Gasteiger partial charge in [-0.25, -0.2) is 0 Å². The van der Waals surface area contributed by atoms with Crippen LogP contribution < -0.4 is 5.73 Å². The predicted octanol–water partition coefficient (Wildman–Crippen LogP) is 1.62. The quantitative estimate of drug-likeness (QED) is 0.774. The lowest BCUT2D eigenvalue weighted by Crippen LogP contribution is -2.49. The molecule has 2 aliphatic rings. The van der Waals surface area contributed by atoms with Crippen LogP contribution >= 0.6 is 0 Å². The summed E-state index contributed by atoms with van der Waals surface area (Å²) in [6.45, 7) is 8.27. The van der Waals surface area contributed by atoms with Gasteiger partial charge in [0, 0.05) is 25.0 Å². The maximum Gasteiger partial charge on any atom is 0.226 e. The fraction of sp³-hybridized carbons (Fsp3) is 0.923. The van der Waals surface area contributed by atoms with Crippen LogP contribution in [0, 0.1) is 17.3 Å². The van der Waals surface area contributed by atoms with E-state index >= 15 is 0 Å². The van der Waals surface area contributed by atoms with E-state index in [0.29, 0.717) is 17.9 Å². The van der Waals surface area contributed by atoms with Gasteiger partial charge in [-0.15, -0.1) is 0 Å². The molecule has 0 spiro atoms. The fourth-order valence-corrected chi connectivity index (χ4v) is 2.79. The van der Waals surface area contributed by atoms with Crippen molar-refractivity contribution in [1.29, 1.82) is 0 Å². The zero-order chi connectivity index (χ0) is 11.9. The zero-order valence-corrected chi connectivity index (χ0v) is 10.7. The largest absolute Gasteiger partial charge is 0.342 e. The molecule has 1 amide bonds. The SMILES string of the molecule is CCC1CN(C(=O)C2CC2(C)C)CCC1N.